The molecule has 0 aliphatic heterocycles. The van der Waals surface area contributed by atoms with Crippen LogP contribution in [0.4, 0.5) is 29.5 Å². The number of amides is 2. The molecule has 4 rings (SSSR count). The van der Waals surface area contributed by atoms with E-state index in [1.807, 2.05) is 0 Å². The first kappa shape index (κ1) is 25.3. The third-order valence-electron chi connectivity index (χ3n) is 5.64. The van der Waals surface area contributed by atoms with Gasteiger partial charge in [0.2, 0.25) is 5.91 Å². The molecule has 1 saturated carbocycles. The summed E-state index contributed by atoms with van der Waals surface area (Å²) in [6.45, 7) is 1.63. The van der Waals surface area contributed by atoms with Crippen LogP contribution in [0.5, 0.6) is 0 Å². The molecule has 2 amide bonds. The molecule has 3 atom stereocenters. The number of halogens is 4. The molecular weight excluding hydrogens is 505 g/mol. The fourth-order valence-corrected chi connectivity index (χ4v) is 3.79. The monoisotopic (exact) mass is 524 g/mol. The number of nitrogens with zero attached hydrogens (tertiary/aromatic N) is 5. The van der Waals surface area contributed by atoms with Crippen LogP contribution in [0.2, 0.25) is 5.15 Å². The zero-order chi connectivity index (χ0) is 26.3. The number of hydrogen-bond acceptors (Lipinski definition) is 8. The van der Waals surface area contributed by atoms with Crippen LogP contribution in [-0.4, -0.2) is 48.7 Å². The van der Waals surface area contributed by atoms with E-state index in [0.29, 0.717) is 5.56 Å². The van der Waals surface area contributed by atoms with E-state index >= 15 is 0 Å². The van der Waals surface area contributed by atoms with Crippen molar-refractivity contribution in [3.63, 3.8) is 0 Å². The lowest BCUT2D eigenvalue weighted by molar-refractivity contribution is -0.155. The second kappa shape index (κ2) is 9.35. The predicted molar refractivity (Wildman–Crippen MR) is 122 cm³/mol. The summed E-state index contributed by atoms with van der Waals surface area (Å²) in [7, 11) is 1.54. The van der Waals surface area contributed by atoms with Crippen molar-refractivity contribution in [3.8, 4) is 11.4 Å². The number of carbonyl (C=O) groups excluding carboxylic acids is 2. The van der Waals surface area contributed by atoms with Gasteiger partial charge >= 0.3 is 12.3 Å². The Morgan fingerprint density at radius 2 is 2.03 bits per heavy atom. The van der Waals surface area contributed by atoms with Gasteiger partial charge in [-0.25, -0.2) is 14.5 Å². The van der Waals surface area contributed by atoms with Crippen LogP contribution in [0.15, 0.2) is 36.7 Å². The van der Waals surface area contributed by atoms with Crippen molar-refractivity contribution in [2.75, 3.05) is 10.6 Å². The van der Waals surface area contributed by atoms with Crippen LogP contribution >= 0.6 is 11.6 Å². The van der Waals surface area contributed by atoms with Crippen molar-refractivity contribution >= 4 is 35.1 Å². The summed E-state index contributed by atoms with van der Waals surface area (Å²) < 4.78 is 45.2. The lowest BCUT2D eigenvalue weighted by atomic mass is 10.2. The maximum absolute atomic E-state index is 12.8. The Hall–Kier alpha value is -3.78. The second-order valence-electron chi connectivity index (χ2n) is 8.19. The largest absolute Gasteiger partial charge is 0.441 e. The number of carbonyl (C=O) groups is 2. The number of rotatable bonds is 6. The van der Waals surface area contributed by atoms with Crippen LogP contribution in [-0.2, 0) is 16.6 Å². The van der Waals surface area contributed by atoms with Crippen LogP contribution in [0.25, 0.3) is 11.4 Å². The highest BCUT2D eigenvalue weighted by Gasteiger charge is 2.69. The first-order valence-corrected chi connectivity index (χ1v) is 10.9. The highest BCUT2D eigenvalue weighted by Crippen LogP contribution is 2.52. The highest BCUT2D eigenvalue weighted by molar-refractivity contribution is 6.30. The number of aryl methyl sites for hydroxylation is 1. The van der Waals surface area contributed by atoms with Crippen molar-refractivity contribution in [2.45, 2.75) is 31.2 Å². The number of alkyl halides is 3. The van der Waals surface area contributed by atoms with Crippen molar-refractivity contribution < 1.29 is 27.5 Å². The Bertz CT molecular complexity index is 1300. The fraction of sp³-hybridized carbons (Fsp3) is 0.333. The van der Waals surface area contributed by atoms with Crippen molar-refractivity contribution in [2.24, 2.45) is 18.7 Å². The summed E-state index contributed by atoms with van der Waals surface area (Å²) in [6, 6.07) is 6.20. The van der Waals surface area contributed by atoms with Gasteiger partial charge in [0.25, 0.3) is 0 Å². The van der Waals surface area contributed by atoms with Crippen molar-refractivity contribution in [1.82, 2.24) is 25.0 Å². The van der Waals surface area contributed by atoms with Gasteiger partial charge in [-0.05, 0) is 31.5 Å². The average Bonchev–Trinajstić information content (AvgIpc) is 3.42. The topological polar surface area (TPSA) is 150 Å². The van der Waals surface area contributed by atoms with E-state index in [0.717, 1.165) is 0 Å². The van der Waals surface area contributed by atoms with E-state index in [1.165, 1.54) is 36.3 Å². The van der Waals surface area contributed by atoms with Gasteiger partial charge in [0, 0.05) is 18.8 Å². The van der Waals surface area contributed by atoms with E-state index in [9.17, 15) is 22.8 Å². The number of hydrogen-bond donors (Lipinski definition) is 3. The van der Waals surface area contributed by atoms with E-state index in [4.69, 9.17) is 22.1 Å². The van der Waals surface area contributed by atoms with E-state index in [-0.39, 0.29) is 28.0 Å². The Morgan fingerprint density at radius 3 is 2.64 bits per heavy atom. The molecule has 0 saturated heterocycles. The summed E-state index contributed by atoms with van der Waals surface area (Å²) in [4.78, 5) is 32.8. The van der Waals surface area contributed by atoms with Gasteiger partial charge in [-0.15, -0.1) is 5.10 Å². The van der Waals surface area contributed by atoms with Gasteiger partial charge in [0.15, 0.2) is 11.5 Å². The molecule has 1 fully saturated rings. The zero-order valence-electron chi connectivity index (χ0n) is 18.9. The lowest BCUT2D eigenvalue weighted by Gasteiger charge is -2.15. The lowest BCUT2D eigenvalue weighted by Crippen LogP contribution is -2.42. The number of anilines is 2. The molecule has 4 N–H and O–H groups in total. The Labute approximate surface area is 207 Å². The minimum Gasteiger partial charge on any atom is -0.441 e. The van der Waals surface area contributed by atoms with Crippen LogP contribution < -0.4 is 16.4 Å². The summed E-state index contributed by atoms with van der Waals surface area (Å²) in [5.74, 6) is -2.67. The van der Waals surface area contributed by atoms with Gasteiger partial charge in [-0.3, -0.25) is 15.1 Å². The third kappa shape index (κ3) is 5.09. The number of aromatic nitrogens is 5. The predicted octanol–water partition coefficient (Wildman–Crippen LogP) is 3.45. The maximum Gasteiger partial charge on any atom is 0.413 e. The summed E-state index contributed by atoms with van der Waals surface area (Å²) in [6.07, 6.45) is -3.81. The Balaban J connectivity index is 1.43. The first-order chi connectivity index (χ1) is 16.9. The standard InChI is InChI=1S/C21H20ClF3N8O3/c1-10(12-4-3-7-27-16(12)22)36-19(35)30-17-15(31-32-33(17)2)13-6-5-11(9-28-13)29-18(34)20(26)8-14(20)21(23,24)25/h3-7,9-10,14H,8,26H2,1-2H3,(H,29,34)(H,30,35)/t10-,14-,20+/m1/s1. The molecule has 36 heavy (non-hydrogen) atoms. The second-order valence-corrected chi connectivity index (χ2v) is 8.55. The van der Waals surface area contributed by atoms with Gasteiger partial charge in [-0.1, -0.05) is 22.9 Å². The molecule has 1 aliphatic rings. The number of pyridine rings is 2. The van der Waals surface area contributed by atoms with E-state index in [2.05, 4.69) is 30.9 Å². The SMILES string of the molecule is C[C@@H](OC(=O)Nc1c(-c2ccc(NC(=O)[C@]3(N)C[C@H]3C(F)(F)F)cn2)nnn1C)c1cccnc1Cl. The molecule has 1 aliphatic carbocycles. The normalized spacial score (nSPS) is 19.9. The molecular formula is C21H20ClF3N8O3. The molecule has 15 heteroatoms. The summed E-state index contributed by atoms with van der Waals surface area (Å²) in [5.41, 5.74) is 4.71. The molecule has 3 aromatic heterocycles. The van der Waals surface area contributed by atoms with Crippen molar-refractivity contribution in [1.29, 1.82) is 0 Å². The van der Waals surface area contributed by atoms with Crippen LogP contribution in [0, 0.1) is 5.92 Å². The molecule has 3 heterocycles. The molecule has 0 unspecified atom stereocenters. The third-order valence-corrected chi connectivity index (χ3v) is 5.96. The molecule has 0 radical (unpaired) electrons. The minimum absolute atomic E-state index is 0.140. The average molecular weight is 525 g/mol. The molecule has 0 aromatic carbocycles. The zero-order valence-corrected chi connectivity index (χ0v) is 19.6. The molecule has 3 aromatic rings. The number of ether oxygens (including phenoxy) is 1. The smallest absolute Gasteiger partial charge is 0.413 e. The molecule has 11 nitrogen and oxygen atoms in total. The summed E-state index contributed by atoms with van der Waals surface area (Å²) >= 11 is 6.04. The summed E-state index contributed by atoms with van der Waals surface area (Å²) in [5, 5.41) is 13.0. The van der Waals surface area contributed by atoms with Crippen molar-refractivity contribution in [3.05, 3.63) is 47.4 Å². The number of nitrogens with two attached hydrogens (primary N) is 1. The van der Waals surface area contributed by atoms with Crippen LogP contribution in [0.3, 0.4) is 0 Å². The molecule has 0 spiro atoms. The van der Waals surface area contributed by atoms with E-state index in [1.54, 1.807) is 19.1 Å². The number of nitrogens with one attached hydrogen (secondary N) is 2. The highest BCUT2D eigenvalue weighted by atomic mass is 35.5. The quantitative estimate of drug-likeness (QED) is 0.415. The Morgan fingerprint density at radius 1 is 1.28 bits per heavy atom. The minimum atomic E-state index is -4.55. The fourth-order valence-electron chi connectivity index (χ4n) is 3.51. The Kier molecular flexibility index (Phi) is 6.58. The van der Waals surface area contributed by atoms with Gasteiger partial charge in [0.05, 0.1) is 23.5 Å². The van der Waals surface area contributed by atoms with Gasteiger partial charge < -0.3 is 15.8 Å². The molecule has 0 bridgehead atoms. The first-order valence-electron chi connectivity index (χ1n) is 10.5. The molecule has 190 valence electrons. The van der Waals surface area contributed by atoms with Gasteiger partial charge in [0.1, 0.15) is 16.8 Å². The van der Waals surface area contributed by atoms with Gasteiger partial charge in [-0.2, -0.15) is 13.2 Å². The maximum atomic E-state index is 12.8. The van der Waals surface area contributed by atoms with Crippen LogP contribution in [0.1, 0.15) is 25.0 Å². The van der Waals surface area contributed by atoms with E-state index < -0.39 is 42.2 Å².